The highest BCUT2D eigenvalue weighted by Gasteiger charge is 2.17. The van der Waals surface area contributed by atoms with Crippen molar-refractivity contribution in [2.75, 3.05) is 13.2 Å². The summed E-state index contributed by atoms with van der Waals surface area (Å²) in [5.41, 5.74) is 0.731. The Morgan fingerprint density at radius 3 is 2.83 bits per heavy atom. The molecule has 0 fully saturated rings. The summed E-state index contributed by atoms with van der Waals surface area (Å²) in [5, 5.41) is 10.0. The van der Waals surface area contributed by atoms with Gasteiger partial charge in [-0.05, 0) is 25.5 Å². The molecule has 0 saturated heterocycles. The number of benzene rings is 1. The number of hydrogen-bond acceptors (Lipinski definition) is 7. The van der Waals surface area contributed by atoms with Crippen LogP contribution in [-0.2, 0) is 17.0 Å². The summed E-state index contributed by atoms with van der Waals surface area (Å²) in [5.74, 6) is 2.87. The van der Waals surface area contributed by atoms with Crippen LogP contribution in [-0.4, -0.2) is 37.4 Å². The normalized spacial score (nSPS) is 11.9. The van der Waals surface area contributed by atoms with Crippen LogP contribution in [0.5, 0.6) is 0 Å². The lowest BCUT2D eigenvalue weighted by Gasteiger charge is -2.11. The van der Waals surface area contributed by atoms with Gasteiger partial charge < -0.3 is 9.15 Å². The SMILES string of the molecule is CCOCCCn1c(=O)c2ccccc2n2c(SCc3ncc(C(C)C)o3)nnc12. The summed E-state index contributed by atoms with van der Waals surface area (Å²) in [4.78, 5) is 17.4. The second-order valence-electron chi connectivity index (χ2n) is 7.24. The number of para-hydroxylation sites is 1. The minimum Gasteiger partial charge on any atom is -0.445 e. The molecule has 9 heteroatoms. The highest BCUT2D eigenvalue weighted by molar-refractivity contribution is 7.98. The number of aromatic nitrogens is 5. The molecule has 0 aliphatic carbocycles. The number of ether oxygens (including phenoxy) is 1. The van der Waals surface area contributed by atoms with Crippen LogP contribution in [0.4, 0.5) is 0 Å². The number of thioether (sulfide) groups is 1. The molecule has 4 rings (SSSR count). The third-order valence-corrected chi connectivity index (χ3v) is 5.73. The van der Waals surface area contributed by atoms with Gasteiger partial charge in [-0.3, -0.25) is 13.8 Å². The fourth-order valence-corrected chi connectivity index (χ4v) is 4.08. The lowest BCUT2D eigenvalue weighted by Crippen LogP contribution is -2.24. The Morgan fingerprint density at radius 1 is 1.23 bits per heavy atom. The summed E-state index contributed by atoms with van der Waals surface area (Å²) in [7, 11) is 0. The summed E-state index contributed by atoms with van der Waals surface area (Å²) >= 11 is 1.49. The van der Waals surface area contributed by atoms with E-state index in [4.69, 9.17) is 9.15 Å². The second-order valence-corrected chi connectivity index (χ2v) is 8.18. The van der Waals surface area contributed by atoms with Crippen molar-refractivity contribution in [1.82, 2.24) is 24.1 Å². The molecular weight excluding hydrogens is 402 g/mol. The smallest absolute Gasteiger partial charge is 0.262 e. The van der Waals surface area contributed by atoms with E-state index >= 15 is 0 Å². The zero-order valence-electron chi connectivity index (χ0n) is 17.4. The van der Waals surface area contributed by atoms with Crippen molar-refractivity contribution < 1.29 is 9.15 Å². The fraction of sp³-hybridized carbons (Fsp3) is 0.429. The quantitative estimate of drug-likeness (QED) is 0.296. The molecule has 3 heterocycles. The first-order valence-electron chi connectivity index (χ1n) is 10.1. The zero-order valence-corrected chi connectivity index (χ0v) is 18.2. The van der Waals surface area contributed by atoms with Gasteiger partial charge in [0.1, 0.15) is 5.76 Å². The van der Waals surface area contributed by atoms with Gasteiger partial charge in [-0.2, -0.15) is 0 Å². The first kappa shape index (κ1) is 20.6. The molecule has 0 spiro atoms. The average Bonchev–Trinajstić information content (AvgIpc) is 3.39. The van der Waals surface area contributed by atoms with Crippen molar-refractivity contribution in [2.24, 2.45) is 0 Å². The van der Waals surface area contributed by atoms with Crippen molar-refractivity contribution in [2.45, 2.75) is 50.6 Å². The minimum absolute atomic E-state index is 0.0622. The average molecular weight is 428 g/mol. The number of rotatable bonds is 9. The lowest BCUT2D eigenvalue weighted by atomic mass is 10.2. The third kappa shape index (κ3) is 3.99. The highest BCUT2D eigenvalue weighted by Crippen LogP contribution is 2.25. The molecule has 0 aliphatic rings. The Bertz CT molecular complexity index is 1210. The third-order valence-electron chi connectivity index (χ3n) is 4.82. The van der Waals surface area contributed by atoms with Gasteiger partial charge in [-0.15, -0.1) is 10.2 Å². The van der Waals surface area contributed by atoms with E-state index in [9.17, 15) is 4.79 Å². The number of nitrogens with zero attached hydrogens (tertiary/aromatic N) is 5. The van der Waals surface area contributed by atoms with Crippen LogP contribution in [0.25, 0.3) is 16.7 Å². The van der Waals surface area contributed by atoms with Gasteiger partial charge >= 0.3 is 0 Å². The van der Waals surface area contributed by atoms with Crippen molar-refractivity contribution in [1.29, 1.82) is 0 Å². The molecule has 1 aromatic carbocycles. The number of hydrogen-bond donors (Lipinski definition) is 0. The summed E-state index contributed by atoms with van der Waals surface area (Å²) in [6, 6.07) is 7.55. The molecule has 0 radical (unpaired) electrons. The predicted octanol–water partition coefficient (Wildman–Crippen LogP) is 3.87. The van der Waals surface area contributed by atoms with Crippen LogP contribution in [0.3, 0.4) is 0 Å². The molecule has 0 saturated carbocycles. The van der Waals surface area contributed by atoms with Crippen LogP contribution in [0.2, 0.25) is 0 Å². The standard InChI is InChI=1S/C21H25N5O3S/c1-4-28-11-7-10-25-19(27)15-8-5-6-9-16(15)26-20(25)23-24-21(26)30-13-18-22-12-17(29-18)14(2)3/h5-6,8-9,12,14H,4,7,10-11,13H2,1-3H3. The Labute approximate surface area is 178 Å². The maximum Gasteiger partial charge on any atom is 0.262 e. The minimum atomic E-state index is -0.0622. The molecule has 0 aliphatic heterocycles. The van der Waals surface area contributed by atoms with Crippen LogP contribution in [0, 0.1) is 0 Å². The number of oxazole rings is 1. The van der Waals surface area contributed by atoms with Crippen LogP contribution >= 0.6 is 11.8 Å². The topological polar surface area (TPSA) is 87.5 Å². The molecule has 0 bridgehead atoms. The van der Waals surface area contributed by atoms with E-state index in [0.717, 1.165) is 17.7 Å². The van der Waals surface area contributed by atoms with Gasteiger partial charge in [-0.1, -0.05) is 37.7 Å². The van der Waals surface area contributed by atoms with E-state index in [1.54, 1.807) is 10.8 Å². The maximum absolute atomic E-state index is 13.1. The van der Waals surface area contributed by atoms with Crippen molar-refractivity contribution in [3.05, 3.63) is 52.5 Å². The number of aryl methyl sites for hydroxylation is 1. The molecule has 0 atom stereocenters. The van der Waals surface area contributed by atoms with Gasteiger partial charge in [0.25, 0.3) is 5.56 Å². The highest BCUT2D eigenvalue weighted by atomic mass is 32.2. The number of fused-ring (bicyclic) bond motifs is 3. The molecule has 158 valence electrons. The van der Waals surface area contributed by atoms with E-state index in [-0.39, 0.29) is 5.56 Å². The second kappa shape index (κ2) is 9.01. The van der Waals surface area contributed by atoms with Crippen molar-refractivity contribution in [3.63, 3.8) is 0 Å². The van der Waals surface area contributed by atoms with Gasteiger partial charge in [0, 0.05) is 25.7 Å². The Hall–Kier alpha value is -2.65. The molecule has 30 heavy (non-hydrogen) atoms. The Kier molecular flexibility index (Phi) is 6.19. The lowest BCUT2D eigenvalue weighted by molar-refractivity contribution is 0.141. The molecule has 3 aromatic heterocycles. The van der Waals surface area contributed by atoms with E-state index in [1.165, 1.54) is 11.8 Å². The first-order valence-corrected chi connectivity index (χ1v) is 11.1. The molecule has 8 nitrogen and oxygen atoms in total. The molecule has 4 aromatic rings. The predicted molar refractivity (Wildman–Crippen MR) is 116 cm³/mol. The molecule has 0 N–H and O–H groups in total. The zero-order chi connectivity index (χ0) is 21.1. The maximum atomic E-state index is 13.1. The first-order chi connectivity index (χ1) is 14.6. The molecule has 0 unspecified atom stereocenters. The van der Waals surface area contributed by atoms with Crippen molar-refractivity contribution in [3.8, 4) is 0 Å². The van der Waals surface area contributed by atoms with E-state index < -0.39 is 0 Å². The van der Waals surface area contributed by atoms with Gasteiger partial charge in [0.05, 0.1) is 22.9 Å². The molecule has 0 amide bonds. The molecular formula is C21H25N5O3S. The van der Waals surface area contributed by atoms with Crippen LogP contribution in [0.15, 0.2) is 44.8 Å². The summed E-state index contributed by atoms with van der Waals surface area (Å²) in [6.07, 6.45) is 2.50. The van der Waals surface area contributed by atoms with Gasteiger partial charge in [0.2, 0.25) is 11.7 Å². The summed E-state index contributed by atoms with van der Waals surface area (Å²) in [6.45, 7) is 7.88. The largest absolute Gasteiger partial charge is 0.445 e. The summed E-state index contributed by atoms with van der Waals surface area (Å²) < 4.78 is 14.8. The Balaban J connectivity index is 1.70. The van der Waals surface area contributed by atoms with E-state index in [2.05, 4.69) is 29.0 Å². The monoisotopic (exact) mass is 427 g/mol. The van der Waals surface area contributed by atoms with E-state index in [1.807, 2.05) is 35.6 Å². The van der Waals surface area contributed by atoms with Gasteiger partial charge in [-0.25, -0.2) is 4.98 Å². The van der Waals surface area contributed by atoms with E-state index in [0.29, 0.717) is 53.6 Å². The fourth-order valence-electron chi connectivity index (χ4n) is 3.28. The van der Waals surface area contributed by atoms with Crippen LogP contribution in [0.1, 0.15) is 44.8 Å². The van der Waals surface area contributed by atoms with Crippen molar-refractivity contribution >= 4 is 28.4 Å². The Morgan fingerprint density at radius 2 is 2.07 bits per heavy atom. The van der Waals surface area contributed by atoms with Gasteiger partial charge in [0.15, 0.2) is 5.16 Å². The van der Waals surface area contributed by atoms with Crippen LogP contribution < -0.4 is 5.56 Å².